The van der Waals surface area contributed by atoms with E-state index in [2.05, 4.69) is 24.2 Å². The molecule has 23 heavy (non-hydrogen) atoms. The molecule has 0 unspecified atom stereocenters. The molecule has 1 aromatic rings. The molecule has 0 bridgehead atoms. The molecule has 1 fully saturated rings. The smallest absolute Gasteiger partial charge is 0.193 e. The summed E-state index contributed by atoms with van der Waals surface area (Å²) in [6.45, 7) is 6.76. The van der Waals surface area contributed by atoms with Gasteiger partial charge in [-0.3, -0.25) is 4.99 Å². The van der Waals surface area contributed by atoms with E-state index in [9.17, 15) is 0 Å². The molecule has 5 nitrogen and oxygen atoms in total. The molecule has 5 heteroatoms. The van der Waals surface area contributed by atoms with Crippen LogP contribution < -0.4 is 5.32 Å². The number of ether oxygens (including phenoxy) is 1. The highest BCUT2D eigenvalue weighted by atomic mass is 16.5. The van der Waals surface area contributed by atoms with E-state index in [4.69, 9.17) is 14.1 Å². The third-order valence-corrected chi connectivity index (χ3v) is 4.24. The van der Waals surface area contributed by atoms with Crippen molar-refractivity contribution >= 4 is 5.96 Å². The fourth-order valence-electron chi connectivity index (χ4n) is 2.81. The van der Waals surface area contributed by atoms with E-state index in [1.807, 2.05) is 12.1 Å². The van der Waals surface area contributed by atoms with E-state index in [-0.39, 0.29) is 0 Å². The van der Waals surface area contributed by atoms with Crippen LogP contribution in [0.2, 0.25) is 0 Å². The van der Waals surface area contributed by atoms with Crippen molar-refractivity contribution in [2.45, 2.75) is 39.0 Å². The van der Waals surface area contributed by atoms with Crippen molar-refractivity contribution in [1.82, 2.24) is 10.2 Å². The Labute approximate surface area is 140 Å². The van der Waals surface area contributed by atoms with Gasteiger partial charge >= 0.3 is 0 Å². The van der Waals surface area contributed by atoms with E-state index >= 15 is 0 Å². The SMILES string of the molecule is CCCCN=C(NCCc1ccco1)N(C)CC1CCOCC1. The summed E-state index contributed by atoms with van der Waals surface area (Å²) in [5.41, 5.74) is 0. The monoisotopic (exact) mass is 321 g/mol. The van der Waals surface area contributed by atoms with Gasteiger partial charge in [0.25, 0.3) is 0 Å². The van der Waals surface area contributed by atoms with Gasteiger partial charge in [-0.1, -0.05) is 13.3 Å². The zero-order valence-corrected chi connectivity index (χ0v) is 14.6. The second kappa shape index (κ2) is 10.3. The molecule has 1 saturated heterocycles. The Kier molecular flexibility index (Phi) is 8.01. The Morgan fingerprint density at radius 3 is 2.91 bits per heavy atom. The summed E-state index contributed by atoms with van der Waals surface area (Å²) in [4.78, 5) is 7.04. The Bertz CT molecular complexity index is 439. The zero-order chi connectivity index (χ0) is 16.3. The Morgan fingerprint density at radius 1 is 1.39 bits per heavy atom. The third kappa shape index (κ3) is 6.65. The van der Waals surface area contributed by atoms with Crippen LogP contribution in [0.1, 0.15) is 38.4 Å². The van der Waals surface area contributed by atoms with Crippen LogP contribution in [-0.4, -0.2) is 50.8 Å². The topological polar surface area (TPSA) is 50.0 Å². The van der Waals surface area contributed by atoms with Gasteiger partial charge in [0.15, 0.2) is 5.96 Å². The molecular weight excluding hydrogens is 290 g/mol. The fourth-order valence-corrected chi connectivity index (χ4v) is 2.81. The average molecular weight is 321 g/mol. The highest BCUT2D eigenvalue weighted by Gasteiger charge is 2.17. The minimum atomic E-state index is 0.706. The summed E-state index contributed by atoms with van der Waals surface area (Å²) in [7, 11) is 2.14. The molecule has 130 valence electrons. The number of furan rings is 1. The number of hydrogen-bond acceptors (Lipinski definition) is 3. The molecule has 1 aromatic heterocycles. The highest BCUT2D eigenvalue weighted by molar-refractivity contribution is 5.79. The van der Waals surface area contributed by atoms with Crippen molar-refractivity contribution in [3.05, 3.63) is 24.2 Å². The normalized spacial score (nSPS) is 16.5. The molecule has 0 radical (unpaired) electrons. The number of rotatable bonds is 8. The Hall–Kier alpha value is -1.49. The lowest BCUT2D eigenvalue weighted by atomic mass is 10.00. The predicted molar refractivity (Wildman–Crippen MR) is 93.8 cm³/mol. The van der Waals surface area contributed by atoms with Crippen molar-refractivity contribution in [2.75, 3.05) is 39.9 Å². The lowest BCUT2D eigenvalue weighted by molar-refractivity contribution is 0.0610. The van der Waals surface area contributed by atoms with Gasteiger partial charge < -0.3 is 19.4 Å². The van der Waals surface area contributed by atoms with Crippen molar-refractivity contribution in [1.29, 1.82) is 0 Å². The first kappa shape index (κ1) is 17.9. The van der Waals surface area contributed by atoms with Crippen LogP contribution in [0.5, 0.6) is 0 Å². The predicted octanol–water partition coefficient (Wildman–Crippen LogP) is 2.93. The summed E-state index contributed by atoms with van der Waals surface area (Å²) in [6.07, 6.45) is 7.22. The first-order chi connectivity index (χ1) is 11.3. The first-order valence-electron chi connectivity index (χ1n) is 8.89. The van der Waals surface area contributed by atoms with Gasteiger partial charge in [-0.2, -0.15) is 0 Å². The van der Waals surface area contributed by atoms with Crippen LogP contribution in [0.3, 0.4) is 0 Å². The highest BCUT2D eigenvalue weighted by Crippen LogP contribution is 2.15. The quantitative estimate of drug-likeness (QED) is 0.454. The van der Waals surface area contributed by atoms with E-state index < -0.39 is 0 Å². The van der Waals surface area contributed by atoms with Gasteiger partial charge in [-0.15, -0.1) is 0 Å². The third-order valence-electron chi connectivity index (χ3n) is 4.24. The fraction of sp³-hybridized carbons (Fsp3) is 0.722. The number of nitrogens with one attached hydrogen (secondary N) is 1. The number of unbranched alkanes of at least 4 members (excludes halogenated alkanes) is 1. The molecule has 1 aliphatic rings. The first-order valence-corrected chi connectivity index (χ1v) is 8.89. The molecule has 0 amide bonds. The largest absolute Gasteiger partial charge is 0.469 e. The molecule has 2 rings (SSSR count). The van der Waals surface area contributed by atoms with Crippen LogP contribution in [0, 0.1) is 5.92 Å². The molecule has 1 N–H and O–H groups in total. The summed E-state index contributed by atoms with van der Waals surface area (Å²) in [6, 6.07) is 3.95. The number of hydrogen-bond donors (Lipinski definition) is 1. The van der Waals surface area contributed by atoms with E-state index in [0.717, 1.165) is 70.3 Å². The molecule has 1 aliphatic heterocycles. The summed E-state index contributed by atoms with van der Waals surface area (Å²) in [5.74, 6) is 2.73. The van der Waals surface area contributed by atoms with E-state index in [1.54, 1.807) is 6.26 Å². The van der Waals surface area contributed by atoms with Gasteiger partial charge in [0.1, 0.15) is 5.76 Å². The van der Waals surface area contributed by atoms with Crippen LogP contribution in [0.25, 0.3) is 0 Å². The summed E-state index contributed by atoms with van der Waals surface area (Å²) < 4.78 is 10.8. The van der Waals surface area contributed by atoms with Crippen LogP contribution in [-0.2, 0) is 11.2 Å². The minimum Gasteiger partial charge on any atom is -0.469 e. The Morgan fingerprint density at radius 2 is 2.22 bits per heavy atom. The number of guanidine groups is 1. The van der Waals surface area contributed by atoms with Crippen LogP contribution >= 0.6 is 0 Å². The molecule has 0 aromatic carbocycles. The van der Waals surface area contributed by atoms with Gasteiger partial charge in [0, 0.05) is 46.3 Å². The van der Waals surface area contributed by atoms with Crippen molar-refractivity contribution in [3.63, 3.8) is 0 Å². The maximum atomic E-state index is 5.45. The zero-order valence-electron chi connectivity index (χ0n) is 14.6. The summed E-state index contributed by atoms with van der Waals surface area (Å²) >= 11 is 0. The molecule has 2 heterocycles. The lowest BCUT2D eigenvalue weighted by Gasteiger charge is -2.29. The number of nitrogens with zero attached hydrogens (tertiary/aromatic N) is 2. The maximum Gasteiger partial charge on any atom is 0.193 e. The lowest BCUT2D eigenvalue weighted by Crippen LogP contribution is -2.43. The van der Waals surface area contributed by atoms with Gasteiger partial charge in [-0.05, 0) is 37.3 Å². The standard InChI is InChI=1S/C18H31N3O2/c1-3-4-10-19-18(20-11-7-17-6-5-12-23-17)21(2)15-16-8-13-22-14-9-16/h5-6,12,16H,3-4,7-11,13-15H2,1-2H3,(H,19,20). The average Bonchev–Trinajstić information content (AvgIpc) is 3.08. The van der Waals surface area contributed by atoms with Crippen molar-refractivity contribution < 1.29 is 9.15 Å². The van der Waals surface area contributed by atoms with Gasteiger partial charge in [0.05, 0.1) is 6.26 Å². The molecule has 0 saturated carbocycles. The summed E-state index contributed by atoms with van der Waals surface area (Å²) in [5, 5.41) is 3.49. The molecule has 0 spiro atoms. The minimum absolute atomic E-state index is 0.706. The molecular formula is C18H31N3O2. The van der Waals surface area contributed by atoms with Crippen molar-refractivity contribution in [2.24, 2.45) is 10.9 Å². The second-order valence-corrected chi connectivity index (χ2v) is 6.25. The van der Waals surface area contributed by atoms with Crippen LogP contribution in [0.4, 0.5) is 0 Å². The van der Waals surface area contributed by atoms with Crippen LogP contribution in [0.15, 0.2) is 27.8 Å². The maximum absolute atomic E-state index is 5.45. The van der Waals surface area contributed by atoms with Gasteiger partial charge in [0.2, 0.25) is 0 Å². The van der Waals surface area contributed by atoms with Gasteiger partial charge in [-0.25, -0.2) is 0 Å². The molecule has 0 atom stereocenters. The number of aliphatic imine (C=N–C) groups is 1. The Balaban J connectivity index is 1.82. The van der Waals surface area contributed by atoms with E-state index in [0.29, 0.717) is 5.92 Å². The van der Waals surface area contributed by atoms with E-state index in [1.165, 1.54) is 6.42 Å². The second-order valence-electron chi connectivity index (χ2n) is 6.25. The van der Waals surface area contributed by atoms with Crippen molar-refractivity contribution in [3.8, 4) is 0 Å². The molecule has 0 aliphatic carbocycles.